The summed E-state index contributed by atoms with van der Waals surface area (Å²) in [5.74, 6) is 0.794. The first kappa shape index (κ1) is 15.7. The Balaban J connectivity index is 1.73. The van der Waals surface area contributed by atoms with Gasteiger partial charge >= 0.3 is 0 Å². The average Bonchev–Trinajstić information content (AvgIpc) is 2.94. The van der Waals surface area contributed by atoms with Gasteiger partial charge in [-0.2, -0.15) is 0 Å². The molecule has 0 bridgehead atoms. The molecule has 2 atom stereocenters. The lowest BCUT2D eigenvalue weighted by Crippen LogP contribution is -2.32. The molecule has 2 N–H and O–H groups in total. The Hall–Kier alpha value is -0.710. The van der Waals surface area contributed by atoms with E-state index >= 15 is 0 Å². The fourth-order valence-electron chi connectivity index (χ4n) is 2.29. The van der Waals surface area contributed by atoms with E-state index in [2.05, 4.69) is 10.6 Å². The number of carbonyl (C=O) groups excluding carboxylic acids is 1. The highest BCUT2D eigenvalue weighted by Gasteiger charge is 2.17. The maximum atomic E-state index is 12.0. The predicted octanol–water partition coefficient (Wildman–Crippen LogP) is 2.94. The molecule has 1 aromatic rings. The third-order valence-electron chi connectivity index (χ3n) is 3.52. The van der Waals surface area contributed by atoms with E-state index in [0.717, 1.165) is 31.0 Å². The number of nitrogens with one attached hydrogen (secondary N) is 2. The summed E-state index contributed by atoms with van der Waals surface area (Å²) in [6, 6.07) is 7.63. The monoisotopic (exact) mass is 312 g/mol. The smallest absolute Gasteiger partial charge is 0.233 e. The topological polar surface area (TPSA) is 41.1 Å². The zero-order chi connectivity index (χ0) is 14.4. The third-order valence-corrected chi connectivity index (χ3v) is 5.14. The van der Waals surface area contributed by atoms with Crippen molar-refractivity contribution in [1.29, 1.82) is 0 Å². The van der Waals surface area contributed by atoms with E-state index in [1.54, 1.807) is 0 Å². The standard InChI is InChI=1S/C15H21ClN2OS/c1-11(20-14-5-3-2-4-13(14)16)15(19)18-9-7-12-6-8-17-10-12/h2-5,11-12,17H,6-10H2,1H3,(H,18,19). The van der Waals surface area contributed by atoms with E-state index in [1.165, 1.54) is 18.2 Å². The first-order valence-corrected chi connectivity index (χ1v) is 8.32. The Kier molecular flexibility index (Phi) is 6.20. The largest absolute Gasteiger partial charge is 0.355 e. The number of hydrogen-bond acceptors (Lipinski definition) is 3. The summed E-state index contributed by atoms with van der Waals surface area (Å²) in [5, 5.41) is 6.93. The van der Waals surface area contributed by atoms with Crippen LogP contribution in [0.25, 0.3) is 0 Å². The molecule has 0 aromatic heterocycles. The van der Waals surface area contributed by atoms with Crippen LogP contribution < -0.4 is 10.6 Å². The van der Waals surface area contributed by atoms with Crippen molar-refractivity contribution in [3.05, 3.63) is 29.3 Å². The van der Waals surface area contributed by atoms with Crippen molar-refractivity contribution in [3.63, 3.8) is 0 Å². The van der Waals surface area contributed by atoms with E-state index < -0.39 is 0 Å². The van der Waals surface area contributed by atoms with Crippen LogP contribution in [0.15, 0.2) is 29.2 Å². The molecule has 0 spiro atoms. The summed E-state index contributed by atoms with van der Waals surface area (Å²) in [5.41, 5.74) is 0. The first-order chi connectivity index (χ1) is 9.66. The molecule has 1 aromatic carbocycles. The molecule has 0 radical (unpaired) electrons. The van der Waals surface area contributed by atoms with Crippen molar-refractivity contribution < 1.29 is 4.79 Å². The highest BCUT2D eigenvalue weighted by atomic mass is 35.5. The SMILES string of the molecule is CC(Sc1ccccc1Cl)C(=O)NCCC1CCNC1. The van der Waals surface area contributed by atoms with Gasteiger partial charge in [0, 0.05) is 11.4 Å². The van der Waals surface area contributed by atoms with Crippen LogP contribution in [0, 0.1) is 5.92 Å². The van der Waals surface area contributed by atoms with Gasteiger partial charge < -0.3 is 10.6 Å². The van der Waals surface area contributed by atoms with Gasteiger partial charge in [0.15, 0.2) is 0 Å². The fraction of sp³-hybridized carbons (Fsp3) is 0.533. The second kappa shape index (κ2) is 7.91. The zero-order valence-electron chi connectivity index (χ0n) is 11.7. The predicted molar refractivity (Wildman–Crippen MR) is 85.4 cm³/mol. The van der Waals surface area contributed by atoms with Crippen molar-refractivity contribution in [2.45, 2.75) is 29.9 Å². The van der Waals surface area contributed by atoms with Gasteiger partial charge in [0.25, 0.3) is 0 Å². The minimum atomic E-state index is -0.128. The number of hydrogen-bond donors (Lipinski definition) is 2. The fourth-order valence-corrected chi connectivity index (χ4v) is 3.47. The summed E-state index contributed by atoms with van der Waals surface area (Å²) in [4.78, 5) is 13.0. The van der Waals surface area contributed by atoms with Gasteiger partial charge in [-0.3, -0.25) is 4.79 Å². The Morgan fingerprint density at radius 1 is 1.55 bits per heavy atom. The lowest BCUT2D eigenvalue weighted by atomic mass is 10.1. The molecular formula is C15H21ClN2OS. The van der Waals surface area contributed by atoms with Gasteiger partial charge in [0.1, 0.15) is 0 Å². The van der Waals surface area contributed by atoms with Crippen LogP contribution >= 0.6 is 23.4 Å². The van der Waals surface area contributed by atoms with Crippen LogP contribution in [0.5, 0.6) is 0 Å². The molecule has 1 aliphatic rings. The Bertz CT molecular complexity index is 449. The van der Waals surface area contributed by atoms with E-state index in [0.29, 0.717) is 10.9 Å². The molecule has 1 heterocycles. The molecule has 0 saturated carbocycles. The van der Waals surface area contributed by atoms with E-state index in [9.17, 15) is 4.79 Å². The quantitative estimate of drug-likeness (QED) is 0.794. The molecule has 2 rings (SSSR count). The molecule has 1 fully saturated rings. The van der Waals surface area contributed by atoms with Crippen LogP contribution in [0.3, 0.4) is 0 Å². The van der Waals surface area contributed by atoms with E-state index in [-0.39, 0.29) is 11.2 Å². The number of rotatable bonds is 6. The normalized spacial score (nSPS) is 19.8. The van der Waals surface area contributed by atoms with Gasteiger partial charge in [0.2, 0.25) is 5.91 Å². The molecule has 2 unspecified atom stereocenters. The van der Waals surface area contributed by atoms with Crippen LogP contribution in [0.1, 0.15) is 19.8 Å². The Labute approximate surface area is 129 Å². The molecule has 5 heteroatoms. The van der Waals surface area contributed by atoms with Crippen molar-refractivity contribution in [2.24, 2.45) is 5.92 Å². The van der Waals surface area contributed by atoms with Gasteiger partial charge in [0.05, 0.1) is 10.3 Å². The summed E-state index contributed by atoms with van der Waals surface area (Å²) < 4.78 is 0. The number of amides is 1. The van der Waals surface area contributed by atoms with Gasteiger partial charge in [-0.1, -0.05) is 23.7 Å². The lowest BCUT2D eigenvalue weighted by Gasteiger charge is -2.14. The number of benzene rings is 1. The van der Waals surface area contributed by atoms with E-state index in [1.807, 2.05) is 31.2 Å². The molecule has 1 saturated heterocycles. The minimum Gasteiger partial charge on any atom is -0.355 e. The summed E-state index contributed by atoms with van der Waals surface area (Å²) >= 11 is 7.61. The van der Waals surface area contributed by atoms with Crippen LogP contribution in [-0.2, 0) is 4.79 Å². The van der Waals surface area contributed by atoms with Crippen molar-refractivity contribution in [3.8, 4) is 0 Å². The summed E-state index contributed by atoms with van der Waals surface area (Å²) in [6.45, 7) is 4.87. The van der Waals surface area contributed by atoms with Gasteiger partial charge in [-0.05, 0) is 50.9 Å². The minimum absolute atomic E-state index is 0.0841. The van der Waals surface area contributed by atoms with Crippen LogP contribution in [-0.4, -0.2) is 30.8 Å². The van der Waals surface area contributed by atoms with Crippen molar-refractivity contribution in [1.82, 2.24) is 10.6 Å². The molecule has 1 aliphatic heterocycles. The number of carbonyl (C=O) groups is 1. The number of halogens is 1. The Morgan fingerprint density at radius 3 is 3.05 bits per heavy atom. The number of thioether (sulfide) groups is 1. The molecular weight excluding hydrogens is 292 g/mol. The maximum absolute atomic E-state index is 12.0. The second-order valence-electron chi connectivity index (χ2n) is 5.13. The Morgan fingerprint density at radius 2 is 2.35 bits per heavy atom. The zero-order valence-corrected chi connectivity index (χ0v) is 13.3. The third kappa shape index (κ3) is 4.69. The molecule has 0 aliphatic carbocycles. The second-order valence-corrected chi connectivity index (χ2v) is 6.92. The van der Waals surface area contributed by atoms with Crippen molar-refractivity contribution >= 4 is 29.3 Å². The molecule has 1 amide bonds. The maximum Gasteiger partial charge on any atom is 0.233 e. The highest BCUT2D eigenvalue weighted by molar-refractivity contribution is 8.00. The van der Waals surface area contributed by atoms with E-state index in [4.69, 9.17) is 11.6 Å². The molecule has 110 valence electrons. The molecule has 20 heavy (non-hydrogen) atoms. The lowest BCUT2D eigenvalue weighted by molar-refractivity contribution is -0.120. The van der Waals surface area contributed by atoms with Crippen LogP contribution in [0.4, 0.5) is 0 Å². The van der Waals surface area contributed by atoms with Gasteiger partial charge in [-0.25, -0.2) is 0 Å². The van der Waals surface area contributed by atoms with Crippen molar-refractivity contribution in [2.75, 3.05) is 19.6 Å². The first-order valence-electron chi connectivity index (χ1n) is 7.06. The molecule has 3 nitrogen and oxygen atoms in total. The average molecular weight is 313 g/mol. The summed E-state index contributed by atoms with van der Waals surface area (Å²) in [7, 11) is 0. The summed E-state index contributed by atoms with van der Waals surface area (Å²) in [6.07, 6.45) is 2.28. The van der Waals surface area contributed by atoms with Gasteiger partial charge in [-0.15, -0.1) is 11.8 Å². The highest BCUT2D eigenvalue weighted by Crippen LogP contribution is 2.29. The van der Waals surface area contributed by atoms with Crippen LogP contribution in [0.2, 0.25) is 5.02 Å².